The SMILES string of the molecule is COC(=O)C(CCCc1ccccc1)C(S)c1ccc(Br)cc1. The summed E-state index contributed by atoms with van der Waals surface area (Å²) in [7, 11) is 1.44. The summed E-state index contributed by atoms with van der Waals surface area (Å²) in [6.45, 7) is 0. The van der Waals surface area contributed by atoms with Crippen LogP contribution in [0.15, 0.2) is 59.1 Å². The molecule has 4 heteroatoms. The summed E-state index contributed by atoms with van der Waals surface area (Å²) in [5.41, 5.74) is 2.32. The van der Waals surface area contributed by atoms with Crippen molar-refractivity contribution in [1.82, 2.24) is 0 Å². The highest BCUT2D eigenvalue weighted by Crippen LogP contribution is 2.33. The molecule has 2 aromatic rings. The highest BCUT2D eigenvalue weighted by molar-refractivity contribution is 9.10. The Morgan fingerprint density at radius 1 is 1.13 bits per heavy atom. The lowest BCUT2D eigenvalue weighted by atomic mass is 9.92. The zero-order chi connectivity index (χ0) is 16.7. The molecule has 2 aromatic carbocycles. The molecular weight excluding hydrogens is 372 g/mol. The maximum Gasteiger partial charge on any atom is 0.310 e. The van der Waals surface area contributed by atoms with Gasteiger partial charge in [0.2, 0.25) is 0 Å². The summed E-state index contributed by atoms with van der Waals surface area (Å²) >= 11 is 8.11. The number of halogens is 1. The molecule has 23 heavy (non-hydrogen) atoms. The van der Waals surface area contributed by atoms with Crippen LogP contribution in [0.2, 0.25) is 0 Å². The second-order valence-electron chi connectivity index (χ2n) is 5.50. The van der Waals surface area contributed by atoms with E-state index in [0.717, 1.165) is 29.3 Å². The third kappa shape index (κ3) is 5.40. The van der Waals surface area contributed by atoms with Crippen molar-refractivity contribution in [3.05, 3.63) is 70.2 Å². The average molecular weight is 393 g/mol. The summed E-state index contributed by atoms with van der Waals surface area (Å²) in [4.78, 5) is 12.2. The first kappa shape index (κ1) is 18.1. The van der Waals surface area contributed by atoms with Crippen molar-refractivity contribution in [3.8, 4) is 0 Å². The fraction of sp³-hybridized carbons (Fsp3) is 0.316. The van der Waals surface area contributed by atoms with Crippen LogP contribution in [0.4, 0.5) is 0 Å². The zero-order valence-corrected chi connectivity index (χ0v) is 15.6. The number of carbonyl (C=O) groups is 1. The topological polar surface area (TPSA) is 26.3 Å². The van der Waals surface area contributed by atoms with Crippen LogP contribution in [-0.2, 0) is 16.0 Å². The van der Waals surface area contributed by atoms with E-state index in [0.29, 0.717) is 0 Å². The van der Waals surface area contributed by atoms with E-state index in [9.17, 15) is 4.79 Å². The molecule has 0 bridgehead atoms. The number of benzene rings is 2. The van der Waals surface area contributed by atoms with Gasteiger partial charge in [0.15, 0.2) is 0 Å². The molecule has 2 unspecified atom stereocenters. The van der Waals surface area contributed by atoms with Crippen LogP contribution in [0.25, 0.3) is 0 Å². The number of ether oxygens (including phenoxy) is 1. The third-order valence-electron chi connectivity index (χ3n) is 3.92. The van der Waals surface area contributed by atoms with Crippen molar-refractivity contribution in [3.63, 3.8) is 0 Å². The Morgan fingerprint density at radius 2 is 1.78 bits per heavy atom. The number of thiol groups is 1. The number of hydrogen-bond acceptors (Lipinski definition) is 3. The normalized spacial score (nSPS) is 13.3. The number of aryl methyl sites for hydroxylation is 1. The Kier molecular flexibility index (Phi) is 7.18. The van der Waals surface area contributed by atoms with Gasteiger partial charge in [0.1, 0.15) is 0 Å². The summed E-state index contributed by atoms with van der Waals surface area (Å²) < 4.78 is 6.00. The summed E-state index contributed by atoms with van der Waals surface area (Å²) in [6, 6.07) is 18.2. The van der Waals surface area contributed by atoms with Crippen LogP contribution < -0.4 is 0 Å². The quantitative estimate of drug-likeness (QED) is 0.515. The molecule has 0 heterocycles. The predicted molar refractivity (Wildman–Crippen MR) is 101 cm³/mol. The smallest absolute Gasteiger partial charge is 0.310 e. The Balaban J connectivity index is 2.01. The number of carbonyl (C=O) groups excluding carboxylic acids is 1. The number of esters is 1. The van der Waals surface area contributed by atoms with Gasteiger partial charge in [-0.15, -0.1) is 0 Å². The largest absolute Gasteiger partial charge is 0.469 e. The van der Waals surface area contributed by atoms with E-state index in [4.69, 9.17) is 4.74 Å². The van der Waals surface area contributed by atoms with Gasteiger partial charge in [-0.3, -0.25) is 4.79 Å². The van der Waals surface area contributed by atoms with Crippen LogP contribution >= 0.6 is 28.6 Å². The molecule has 0 saturated heterocycles. The van der Waals surface area contributed by atoms with Crippen LogP contribution in [0, 0.1) is 5.92 Å². The number of methoxy groups -OCH3 is 1. The molecule has 122 valence electrons. The highest BCUT2D eigenvalue weighted by atomic mass is 79.9. The molecule has 0 aliphatic rings. The number of rotatable bonds is 7. The van der Waals surface area contributed by atoms with Gasteiger partial charge < -0.3 is 4.74 Å². The van der Waals surface area contributed by atoms with Gasteiger partial charge in [-0.25, -0.2) is 0 Å². The Hall–Kier alpha value is -1.26. The van der Waals surface area contributed by atoms with E-state index in [-0.39, 0.29) is 17.1 Å². The molecule has 2 nitrogen and oxygen atoms in total. The maximum absolute atomic E-state index is 12.2. The lowest BCUT2D eigenvalue weighted by molar-refractivity contribution is -0.145. The van der Waals surface area contributed by atoms with Crippen molar-refractivity contribution < 1.29 is 9.53 Å². The van der Waals surface area contributed by atoms with Crippen molar-refractivity contribution in [1.29, 1.82) is 0 Å². The first-order chi connectivity index (χ1) is 11.1. The molecule has 0 amide bonds. The van der Waals surface area contributed by atoms with Gasteiger partial charge in [0.05, 0.1) is 13.0 Å². The fourth-order valence-electron chi connectivity index (χ4n) is 2.62. The van der Waals surface area contributed by atoms with Gasteiger partial charge in [0, 0.05) is 9.72 Å². The molecule has 2 atom stereocenters. The van der Waals surface area contributed by atoms with Crippen LogP contribution in [0.1, 0.15) is 29.2 Å². The molecule has 0 fully saturated rings. The van der Waals surface area contributed by atoms with Crippen molar-refractivity contribution in [2.24, 2.45) is 5.92 Å². The molecule has 0 aromatic heterocycles. The van der Waals surface area contributed by atoms with E-state index in [2.05, 4.69) is 40.7 Å². The van der Waals surface area contributed by atoms with Gasteiger partial charge in [-0.2, -0.15) is 12.6 Å². The maximum atomic E-state index is 12.2. The average Bonchev–Trinajstić information content (AvgIpc) is 2.59. The second-order valence-corrected chi connectivity index (χ2v) is 6.98. The Bertz CT molecular complexity index is 613. The van der Waals surface area contributed by atoms with E-state index in [1.165, 1.54) is 12.7 Å². The second kappa shape index (κ2) is 9.14. The molecule has 2 rings (SSSR count). The monoisotopic (exact) mass is 392 g/mol. The van der Waals surface area contributed by atoms with Gasteiger partial charge in [0.25, 0.3) is 0 Å². The minimum absolute atomic E-state index is 0.161. The van der Waals surface area contributed by atoms with Crippen molar-refractivity contribution in [2.75, 3.05) is 7.11 Å². The van der Waals surface area contributed by atoms with Crippen LogP contribution in [0.3, 0.4) is 0 Å². The summed E-state index contributed by atoms with van der Waals surface area (Å²) in [5.74, 6) is -0.436. The summed E-state index contributed by atoms with van der Waals surface area (Å²) in [5, 5.41) is -0.161. The molecule has 0 aliphatic heterocycles. The van der Waals surface area contributed by atoms with Gasteiger partial charge >= 0.3 is 5.97 Å². The van der Waals surface area contributed by atoms with Crippen LogP contribution in [-0.4, -0.2) is 13.1 Å². The first-order valence-corrected chi connectivity index (χ1v) is 8.98. The molecule has 0 saturated carbocycles. The molecule has 0 spiro atoms. The van der Waals surface area contributed by atoms with Crippen molar-refractivity contribution in [2.45, 2.75) is 24.5 Å². The molecule has 0 radical (unpaired) electrons. The van der Waals surface area contributed by atoms with E-state index in [1.807, 2.05) is 42.5 Å². The minimum Gasteiger partial charge on any atom is -0.469 e. The molecular formula is C19H21BrO2S. The number of hydrogen-bond donors (Lipinski definition) is 1. The van der Waals surface area contributed by atoms with Crippen LogP contribution in [0.5, 0.6) is 0 Å². The lowest BCUT2D eigenvalue weighted by Gasteiger charge is -2.21. The molecule has 0 aliphatic carbocycles. The lowest BCUT2D eigenvalue weighted by Crippen LogP contribution is -2.21. The fourth-order valence-corrected chi connectivity index (χ4v) is 3.33. The van der Waals surface area contributed by atoms with E-state index >= 15 is 0 Å². The van der Waals surface area contributed by atoms with Gasteiger partial charge in [-0.05, 0) is 42.5 Å². The zero-order valence-electron chi connectivity index (χ0n) is 13.1. The minimum atomic E-state index is -0.242. The van der Waals surface area contributed by atoms with E-state index in [1.54, 1.807) is 0 Å². The van der Waals surface area contributed by atoms with Crippen molar-refractivity contribution >= 4 is 34.5 Å². The summed E-state index contributed by atoms with van der Waals surface area (Å²) in [6.07, 6.45) is 2.64. The molecule has 0 N–H and O–H groups in total. The van der Waals surface area contributed by atoms with E-state index < -0.39 is 0 Å². The highest BCUT2D eigenvalue weighted by Gasteiger charge is 2.27. The Morgan fingerprint density at radius 3 is 2.39 bits per heavy atom. The van der Waals surface area contributed by atoms with Gasteiger partial charge in [-0.1, -0.05) is 58.4 Å². The standard InChI is InChI=1S/C19H21BrO2S/c1-22-19(21)17(9-5-8-14-6-3-2-4-7-14)18(23)15-10-12-16(20)13-11-15/h2-4,6-7,10-13,17-18,23H,5,8-9H2,1H3. The Labute approximate surface area is 151 Å². The predicted octanol–water partition coefficient (Wildman–Crippen LogP) is 5.23. The third-order valence-corrected chi connectivity index (χ3v) is 5.11. The first-order valence-electron chi connectivity index (χ1n) is 7.67.